The number of nitrogens with zero attached hydrogens (tertiary/aromatic N) is 2. The van der Waals surface area contributed by atoms with E-state index in [1.807, 2.05) is 0 Å². The van der Waals surface area contributed by atoms with E-state index in [-0.39, 0.29) is 20.4 Å². The fraction of sp³-hybridized carbons (Fsp3) is 0.650. The third-order valence-electron chi connectivity index (χ3n) is 8.27. The van der Waals surface area contributed by atoms with Gasteiger partial charge in [0.1, 0.15) is 0 Å². The van der Waals surface area contributed by atoms with E-state index in [1.165, 1.54) is 125 Å². The molecule has 3 heteroatoms. The first-order chi connectivity index (χ1) is 20.6. The van der Waals surface area contributed by atoms with E-state index in [1.54, 1.807) is 0 Å². The van der Waals surface area contributed by atoms with Crippen molar-refractivity contribution in [3.63, 3.8) is 0 Å². The third kappa shape index (κ3) is 18.1. The molecule has 0 radical (unpaired) electrons. The van der Waals surface area contributed by atoms with Gasteiger partial charge in [0.05, 0.1) is 17.1 Å². The second-order valence-electron chi connectivity index (χ2n) is 12.5. The Morgan fingerprint density at radius 3 is 1.23 bits per heavy atom. The minimum absolute atomic E-state index is 0. The Kier molecular flexibility index (Phi) is 23.6. The normalized spacial score (nSPS) is 11.8. The van der Waals surface area contributed by atoms with Crippen LogP contribution in [0.5, 0.6) is 0 Å². The van der Waals surface area contributed by atoms with Gasteiger partial charge >= 0.3 is 0 Å². The molecule has 0 atom stereocenters. The summed E-state index contributed by atoms with van der Waals surface area (Å²) in [5, 5.41) is 0. The van der Waals surface area contributed by atoms with Crippen LogP contribution in [0.3, 0.4) is 0 Å². The summed E-state index contributed by atoms with van der Waals surface area (Å²) < 4.78 is 0. The van der Waals surface area contributed by atoms with Crippen molar-refractivity contribution in [1.82, 2.24) is 0 Å². The van der Waals surface area contributed by atoms with E-state index in [9.17, 15) is 0 Å². The Morgan fingerprint density at radius 2 is 0.837 bits per heavy atom. The quantitative estimate of drug-likeness (QED) is 0.0600. The molecule has 0 aliphatic carbocycles. The average Bonchev–Trinajstić information content (AvgIpc) is 2.98. The Bertz CT molecular complexity index is 982. The van der Waals surface area contributed by atoms with Crippen LogP contribution in [0, 0.1) is 0 Å². The Hall–Kier alpha value is -1.56. The Labute approximate surface area is 280 Å². The molecule has 0 saturated heterocycles. The fourth-order valence-corrected chi connectivity index (χ4v) is 5.72. The molecular formula is C40H64N2Pd. The van der Waals surface area contributed by atoms with E-state index >= 15 is 0 Å². The molecule has 0 amide bonds. The molecule has 0 N–H and O–H groups in total. The van der Waals surface area contributed by atoms with Crippen LogP contribution < -0.4 is 0 Å². The molecule has 244 valence electrons. The van der Waals surface area contributed by atoms with Crippen molar-refractivity contribution in [2.75, 3.05) is 0 Å². The molecule has 0 aliphatic heterocycles. The SMILES string of the molecule is CCCCCCC(C=Nc1cc(CCCCC)cc(CCCCC)c1)=Nc1cc(CCCCC)cc(CCCCC)c1.[Pd]. The van der Waals surface area contributed by atoms with Crippen LogP contribution in [0.1, 0.15) is 166 Å². The standard InChI is InChI=1S/C40H64N2.Pd/c1-6-11-16-21-26-38(42-40-31-36(24-19-14-9-4)28-37(32-40)25-20-15-10-5)33-41-39-29-34(22-17-12-7-2)27-35(30-39)23-18-13-8-3;/h27-33H,6-26H2,1-5H3;. The number of unbranched alkanes of at least 4 members (excludes halogenated alkanes) is 11. The smallest absolute Gasteiger partial charge is 0.0639 e. The Balaban J connectivity index is 0.00000924. The van der Waals surface area contributed by atoms with Gasteiger partial charge in [-0.2, -0.15) is 0 Å². The molecule has 0 aliphatic rings. The molecule has 0 spiro atoms. The summed E-state index contributed by atoms with van der Waals surface area (Å²) in [6.45, 7) is 11.4. The second-order valence-corrected chi connectivity index (χ2v) is 12.5. The third-order valence-corrected chi connectivity index (χ3v) is 8.27. The summed E-state index contributed by atoms with van der Waals surface area (Å²) in [5.74, 6) is 0. The summed E-state index contributed by atoms with van der Waals surface area (Å²) in [5.41, 5.74) is 9.15. The molecule has 2 aromatic carbocycles. The van der Waals surface area contributed by atoms with Crippen LogP contribution in [0.4, 0.5) is 11.4 Å². The molecule has 2 nitrogen and oxygen atoms in total. The summed E-state index contributed by atoms with van der Waals surface area (Å²) in [4.78, 5) is 10.4. The van der Waals surface area contributed by atoms with E-state index in [2.05, 4.69) is 77.2 Å². The maximum Gasteiger partial charge on any atom is 0.0639 e. The van der Waals surface area contributed by atoms with Crippen LogP contribution in [0.2, 0.25) is 0 Å². The van der Waals surface area contributed by atoms with E-state index < -0.39 is 0 Å². The molecule has 0 saturated carbocycles. The molecule has 0 heterocycles. The first-order valence-electron chi connectivity index (χ1n) is 18.0. The molecule has 2 aromatic rings. The number of rotatable bonds is 24. The van der Waals surface area contributed by atoms with Gasteiger partial charge in [-0.25, -0.2) is 0 Å². The number of hydrogen-bond donors (Lipinski definition) is 0. The largest absolute Gasteiger partial charge is 0.255 e. The molecule has 0 fully saturated rings. The molecule has 2 rings (SSSR count). The van der Waals surface area contributed by atoms with Crippen molar-refractivity contribution < 1.29 is 20.4 Å². The van der Waals surface area contributed by atoms with Crippen LogP contribution in [-0.2, 0) is 46.1 Å². The molecule has 0 unspecified atom stereocenters. The van der Waals surface area contributed by atoms with Gasteiger partial charge in [0, 0.05) is 26.6 Å². The molecule has 43 heavy (non-hydrogen) atoms. The maximum atomic E-state index is 5.28. The number of aliphatic imine (C=N–C) groups is 2. The summed E-state index contributed by atoms with van der Waals surface area (Å²) >= 11 is 0. The topological polar surface area (TPSA) is 24.7 Å². The van der Waals surface area contributed by atoms with Crippen molar-refractivity contribution in [1.29, 1.82) is 0 Å². The average molecular weight is 679 g/mol. The van der Waals surface area contributed by atoms with Gasteiger partial charge in [0.25, 0.3) is 0 Å². The monoisotopic (exact) mass is 678 g/mol. The van der Waals surface area contributed by atoms with Crippen molar-refractivity contribution in [2.24, 2.45) is 9.98 Å². The van der Waals surface area contributed by atoms with E-state index in [0.29, 0.717) is 0 Å². The minimum Gasteiger partial charge on any atom is -0.255 e. The summed E-state index contributed by atoms with van der Waals surface area (Å²) in [6.07, 6.45) is 28.0. The van der Waals surface area contributed by atoms with E-state index in [4.69, 9.17) is 9.98 Å². The van der Waals surface area contributed by atoms with Crippen LogP contribution in [0.15, 0.2) is 46.4 Å². The van der Waals surface area contributed by atoms with Gasteiger partial charge in [0.15, 0.2) is 0 Å². The van der Waals surface area contributed by atoms with Gasteiger partial charge in [-0.15, -0.1) is 0 Å². The fourth-order valence-electron chi connectivity index (χ4n) is 5.72. The molecular weight excluding hydrogens is 615 g/mol. The van der Waals surface area contributed by atoms with Gasteiger partial charge in [0.2, 0.25) is 0 Å². The maximum absolute atomic E-state index is 5.28. The predicted octanol–water partition coefficient (Wildman–Crippen LogP) is 13.1. The van der Waals surface area contributed by atoms with Gasteiger partial charge in [-0.1, -0.05) is 117 Å². The molecule has 0 bridgehead atoms. The first kappa shape index (κ1) is 39.5. The summed E-state index contributed by atoms with van der Waals surface area (Å²) in [6, 6.07) is 14.2. The zero-order valence-electron chi connectivity index (χ0n) is 28.6. The zero-order valence-corrected chi connectivity index (χ0v) is 30.2. The predicted molar refractivity (Wildman–Crippen MR) is 190 cm³/mol. The number of benzene rings is 2. The van der Waals surface area contributed by atoms with Crippen molar-refractivity contribution >= 4 is 23.3 Å². The van der Waals surface area contributed by atoms with Crippen LogP contribution >= 0.6 is 0 Å². The summed E-state index contributed by atoms with van der Waals surface area (Å²) in [7, 11) is 0. The molecule has 0 aromatic heterocycles. The van der Waals surface area contributed by atoms with Crippen molar-refractivity contribution in [3.8, 4) is 0 Å². The minimum atomic E-state index is 0. The van der Waals surface area contributed by atoms with Gasteiger partial charge in [-0.05, 0) is 111 Å². The van der Waals surface area contributed by atoms with Crippen molar-refractivity contribution in [3.05, 3.63) is 58.7 Å². The van der Waals surface area contributed by atoms with E-state index in [0.717, 1.165) is 49.2 Å². The van der Waals surface area contributed by atoms with Gasteiger partial charge in [-0.3, -0.25) is 9.98 Å². The Morgan fingerprint density at radius 1 is 0.465 bits per heavy atom. The number of aryl methyl sites for hydroxylation is 4. The van der Waals surface area contributed by atoms with Crippen LogP contribution in [0.25, 0.3) is 0 Å². The second kappa shape index (κ2) is 25.7. The van der Waals surface area contributed by atoms with Gasteiger partial charge < -0.3 is 0 Å². The first-order valence-corrected chi connectivity index (χ1v) is 18.0. The number of hydrogen-bond acceptors (Lipinski definition) is 2. The van der Waals surface area contributed by atoms with Crippen LogP contribution in [-0.4, -0.2) is 11.9 Å². The van der Waals surface area contributed by atoms with Crippen molar-refractivity contribution in [2.45, 2.75) is 169 Å². The zero-order chi connectivity index (χ0) is 30.3.